The highest BCUT2D eigenvalue weighted by Crippen LogP contribution is 2.46. The van der Waals surface area contributed by atoms with Crippen molar-refractivity contribution in [2.75, 3.05) is 19.3 Å². The van der Waals surface area contributed by atoms with Crippen LogP contribution in [0.3, 0.4) is 0 Å². The number of carbonyl (C=O) groups excluding carboxylic acids is 1. The number of carboxylic acid groups (broad SMARTS) is 1. The largest absolute Gasteiger partial charge is 0.479 e. The summed E-state index contributed by atoms with van der Waals surface area (Å²) >= 11 is 1.79. The second-order valence-electron chi connectivity index (χ2n) is 5.11. The van der Waals surface area contributed by atoms with Crippen molar-refractivity contribution in [1.82, 2.24) is 10.6 Å². The molecule has 0 radical (unpaired) electrons. The molecule has 0 bridgehead atoms. The van der Waals surface area contributed by atoms with Gasteiger partial charge in [-0.15, -0.1) is 0 Å². The van der Waals surface area contributed by atoms with Crippen molar-refractivity contribution in [3.05, 3.63) is 0 Å². The first kappa shape index (κ1) is 14.5. The van der Waals surface area contributed by atoms with E-state index in [4.69, 9.17) is 9.84 Å². The highest BCUT2D eigenvalue weighted by atomic mass is 32.2. The second-order valence-corrected chi connectivity index (χ2v) is 6.39. The lowest BCUT2D eigenvalue weighted by molar-refractivity contribution is -0.149. The van der Waals surface area contributed by atoms with E-state index in [1.54, 1.807) is 11.8 Å². The zero-order chi connectivity index (χ0) is 13.9. The van der Waals surface area contributed by atoms with E-state index in [-0.39, 0.29) is 16.9 Å². The molecule has 1 saturated carbocycles. The van der Waals surface area contributed by atoms with Crippen LogP contribution in [0.15, 0.2) is 0 Å². The minimum Gasteiger partial charge on any atom is -0.479 e. The summed E-state index contributed by atoms with van der Waals surface area (Å²) in [6.45, 7) is 1.05. The Balaban J connectivity index is 1.60. The van der Waals surface area contributed by atoms with E-state index in [9.17, 15) is 9.59 Å². The van der Waals surface area contributed by atoms with Crippen LogP contribution in [0, 0.1) is 0 Å². The normalized spacial score (nSPS) is 27.8. The van der Waals surface area contributed by atoms with Crippen molar-refractivity contribution in [3.63, 3.8) is 0 Å². The van der Waals surface area contributed by atoms with E-state index in [0.717, 1.165) is 12.8 Å². The Morgan fingerprint density at radius 2 is 2.11 bits per heavy atom. The molecule has 7 heteroatoms. The number of hydrogen-bond donors (Lipinski definition) is 3. The summed E-state index contributed by atoms with van der Waals surface area (Å²) in [7, 11) is 0. The zero-order valence-electron chi connectivity index (χ0n) is 11.0. The van der Waals surface area contributed by atoms with Crippen molar-refractivity contribution >= 4 is 23.8 Å². The van der Waals surface area contributed by atoms with Crippen LogP contribution in [0.1, 0.15) is 25.7 Å². The molecule has 0 aromatic heterocycles. The van der Waals surface area contributed by atoms with Gasteiger partial charge in [-0.05, 0) is 31.9 Å². The van der Waals surface area contributed by atoms with E-state index in [1.807, 2.05) is 0 Å². The molecule has 2 unspecified atom stereocenters. The maximum Gasteiger partial charge on any atom is 0.332 e. The summed E-state index contributed by atoms with van der Waals surface area (Å²) in [6, 6.07) is -0.206. The van der Waals surface area contributed by atoms with Crippen LogP contribution in [-0.2, 0) is 9.53 Å². The molecule has 2 atom stereocenters. The molecule has 0 aromatic carbocycles. The summed E-state index contributed by atoms with van der Waals surface area (Å²) in [4.78, 5) is 22.3. The Bertz CT molecular complexity index is 360. The van der Waals surface area contributed by atoms with E-state index >= 15 is 0 Å². The fraction of sp³-hybridized carbons (Fsp3) is 0.833. The predicted octanol–water partition coefficient (Wildman–Crippen LogP) is 0.813. The van der Waals surface area contributed by atoms with Crippen molar-refractivity contribution in [1.29, 1.82) is 0 Å². The molecule has 1 saturated heterocycles. The molecular weight excluding hydrogens is 268 g/mol. The first-order valence-electron chi connectivity index (χ1n) is 6.50. The summed E-state index contributed by atoms with van der Waals surface area (Å²) in [6.07, 6.45) is 4.64. The molecule has 0 aromatic rings. The molecule has 3 N–H and O–H groups in total. The maximum atomic E-state index is 11.6. The van der Waals surface area contributed by atoms with Crippen molar-refractivity contribution in [2.45, 2.75) is 42.6 Å². The number of carboxylic acids is 1. The third-order valence-corrected chi connectivity index (χ3v) is 5.10. The molecule has 1 aliphatic heterocycles. The summed E-state index contributed by atoms with van der Waals surface area (Å²) in [5, 5.41) is 14.4. The lowest BCUT2D eigenvalue weighted by Crippen LogP contribution is -2.42. The quantitative estimate of drug-likeness (QED) is 0.673. The van der Waals surface area contributed by atoms with E-state index in [1.165, 1.54) is 0 Å². The molecule has 19 heavy (non-hydrogen) atoms. The van der Waals surface area contributed by atoms with E-state index in [2.05, 4.69) is 16.9 Å². The van der Waals surface area contributed by atoms with Crippen LogP contribution < -0.4 is 10.6 Å². The van der Waals surface area contributed by atoms with Gasteiger partial charge in [0.15, 0.2) is 6.10 Å². The molecule has 1 aliphatic carbocycles. The predicted molar refractivity (Wildman–Crippen MR) is 72.4 cm³/mol. The molecule has 2 aliphatic rings. The Hall–Kier alpha value is -0.950. The topological polar surface area (TPSA) is 87.7 Å². The molecule has 2 fully saturated rings. The summed E-state index contributed by atoms with van der Waals surface area (Å²) < 4.78 is 5.55. The first-order valence-corrected chi connectivity index (χ1v) is 7.72. The molecule has 0 spiro atoms. The summed E-state index contributed by atoms with van der Waals surface area (Å²) in [5.41, 5.74) is 0. The fourth-order valence-electron chi connectivity index (χ4n) is 2.14. The van der Waals surface area contributed by atoms with Gasteiger partial charge < -0.3 is 20.5 Å². The monoisotopic (exact) mass is 288 g/mol. The van der Waals surface area contributed by atoms with Gasteiger partial charge in [0, 0.05) is 17.8 Å². The van der Waals surface area contributed by atoms with Crippen LogP contribution in [-0.4, -0.2) is 53.4 Å². The van der Waals surface area contributed by atoms with Crippen LogP contribution in [0.4, 0.5) is 4.79 Å². The molecule has 6 nitrogen and oxygen atoms in total. The van der Waals surface area contributed by atoms with Gasteiger partial charge >= 0.3 is 12.0 Å². The maximum absolute atomic E-state index is 11.6. The van der Waals surface area contributed by atoms with Gasteiger partial charge in [-0.2, -0.15) is 11.8 Å². The van der Waals surface area contributed by atoms with Gasteiger partial charge in [-0.25, -0.2) is 9.59 Å². The number of aliphatic carboxylic acids is 1. The average Bonchev–Trinajstić information content (AvgIpc) is 3.02. The number of thioether (sulfide) groups is 1. The van der Waals surface area contributed by atoms with Gasteiger partial charge in [0.2, 0.25) is 0 Å². The number of amides is 2. The molecule has 108 valence electrons. The zero-order valence-corrected chi connectivity index (χ0v) is 11.8. The van der Waals surface area contributed by atoms with E-state index < -0.39 is 12.1 Å². The highest BCUT2D eigenvalue weighted by Gasteiger charge is 2.42. The van der Waals surface area contributed by atoms with Crippen molar-refractivity contribution < 1.29 is 19.4 Å². The number of rotatable bonds is 6. The Kier molecular flexibility index (Phi) is 4.57. The Labute approximate surface area is 116 Å². The smallest absolute Gasteiger partial charge is 0.332 e. The van der Waals surface area contributed by atoms with Gasteiger partial charge in [-0.3, -0.25) is 0 Å². The van der Waals surface area contributed by atoms with Crippen LogP contribution in [0.5, 0.6) is 0 Å². The van der Waals surface area contributed by atoms with Crippen LogP contribution in [0.25, 0.3) is 0 Å². The lowest BCUT2D eigenvalue weighted by atomic mass is 10.2. The fourth-order valence-corrected chi connectivity index (χ4v) is 2.87. The lowest BCUT2D eigenvalue weighted by Gasteiger charge is -2.15. The molecule has 2 rings (SSSR count). The van der Waals surface area contributed by atoms with Gasteiger partial charge in [-0.1, -0.05) is 0 Å². The highest BCUT2D eigenvalue weighted by molar-refractivity contribution is 8.00. The number of ether oxygens (including phenoxy) is 1. The Morgan fingerprint density at radius 1 is 1.37 bits per heavy atom. The Morgan fingerprint density at radius 3 is 2.63 bits per heavy atom. The minimum absolute atomic E-state index is 0.192. The number of hydrogen-bond acceptors (Lipinski definition) is 4. The standard InChI is InChI=1S/C12H20N2O4S/c1-19-12(4-5-12)7-14-11(17)13-6-8-2-3-9(18-8)10(15)16/h8-9H,2-7H2,1H3,(H,15,16)(H2,13,14,17). The third-order valence-electron chi connectivity index (χ3n) is 3.69. The van der Waals surface area contributed by atoms with Crippen LogP contribution >= 0.6 is 11.8 Å². The first-order chi connectivity index (χ1) is 9.04. The third kappa shape index (κ3) is 4.01. The number of carbonyl (C=O) groups is 2. The second kappa shape index (κ2) is 6.00. The number of nitrogens with one attached hydrogen (secondary N) is 2. The van der Waals surface area contributed by atoms with Gasteiger partial charge in [0.25, 0.3) is 0 Å². The van der Waals surface area contributed by atoms with Gasteiger partial charge in [0.05, 0.1) is 6.10 Å². The average molecular weight is 288 g/mol. The summed E-state index contributed by atoms with van der Waals surface area (Å²) in [5.74, 6) is -0.928. The van der Waals surface area contributed by atoms with Crippen molar-refractivity contribution in [2.24, 2.45) is 0 Å². The number of urea groups is 1. The molecule has 2 amide bonds. The molecule has 1 heterocycles. The van der Waals surface area contributed by atoms with Crippen LogP contribution in [0.2, 0.25) is 0 Å². The molecular formula is C12H20N2O4S. The minimum atomic E-state index is -0.928. The van der Waals surface area contributed by atoms with E-state index in [0.29, 0.717) is 25.9 Å². The van der Waals surface area contributed by atoms with Gasteiger partial charge in [0.1, 0.15) is 0 Å². The van der Waals surface area contributed by atoms with Crippen molar-refractivity contribution in [3.8, 4) is 0 Å². The SMILES string of the molecule is CSC1(CNC(=O)NCC2CCC(C(=O)O)O2)CC1.